The van der Waals surface area contributed by atoms with Crippen molar-refractivity contribution in [1.82, 2.24) is 10.3 Å². The van der Waals surface area contributed by atoms with Gasteiger partial charge in [0.2, 0.25) is 6.33 Å². The number of rotatable bonds is 4. The van der Waals surface area contributed by atoms with Gasteiger partial charge < -0.3 is 0 Å². The molecular weight excluding hydrogens is 284 g/mol. The number of aryl methyl sites for hydroxylation is 1. The number of hydrogen-bond donors (Lipinski definition) is 4. The van der Waals surface area contributed by atoms with E-state index in [2.05, 4.69) is 44.7 Å². The van der Waals surface area contributed by atoms with Crippen LogP contribution in [0.3, 0.4) is 0 Å². The second-order valence-corrected chi connectivity index (χ2v) is 5.39. The number of aromatic nitrogens is 2. The molecule has 0 spiro atoms. The first kappa shape index (κ1) is 14.9. The summed E-state index contributed by atoms with van der Waals surface area (Å²) in [7, 11) is 1.74. The maximum absolute atomic E-state index is 8.60. The fourth-order valence-electron chi connectivity index (χ4n) is 1.72. The first-order chi connectivity index (χ1) is 10.2. The molecule has 0 radical (unpaired) electrons. The molecule has 0 fully saturated rings. The highest BCUT2D eigenvalue weighted by Crippen LogP contribution is 2.23. The summed E-state index contributed by atoms with van der Waals surface area (Å²) in [6.45, 7) is 2.05. The van der Waals surface area contributed by atoms with Crippen molar-refractivity contribution in [2.45, 2.75) is 17.6 Å². The summed E-state index contributed by atoms with van der Waals surface area (Å²) >= 11 is 1.77. The van der Waals surface area contributed by atoms with Crippen LogP contribution in [-0.2, 0) is 5.75 Å². The number of aromatic amines is 2. The van der Waals surface area contributed by atoms with Crippen molar-refractivity contribution < 1.29 is 9.98 Å². The second kappa shape index (κ2) is 7.36. The molecule has 6 nitrogen and oxygen atoms in total. The van der Waals surface area contributed by atoms with Gasteiger partial charge in [0.25, 0.3) is 6.19 Å². The fourth-order valence-corrected chi connectivity index (χ4v) is 2.66. The molecule has 0 amide bonds. The topological polar surface area (TPSA) is 91.8 Å². The molecular formula is C14H18N6S+2. The Morgan fingerprint density at radius 2 is 2.19 bits per heavy atom. The molecule has 0 saturated heterocycles. The van der Waals surface area contributed by atoms with Crippen LogP contribution in [0.15, 0.2) is 35.5 Å². The van der Waals surface area contributed by atoms with Crippen LogP contribution >= 0.6 is 11.8 Å². The number of H-pyrrole nitrogens is 2. The highest BCUT2D eigenvalue weighted by atomic mass is 32.2. The lowest BCUT2D eigenvalue weighted by Crippen LogP contribution is -2.73. The lowest BCUT2D eigenvalue weighted by Gasteiger charge is -2.02. The van der Waals surface area contributed by atoms with Crippen LogP contribution in [0.25, 0.3) is 0 Å². The quantitative estimate of drug-likeness (QED) is 0.210. The van der Waals surface area contributed by atoms with Crippen LogP contribution in [0, 0.1) is 18.4 Å². The largest absolute Gasteiger partial charge is 0.362 e. The van der Waals surface area contributed by atoms with Crippen molar-refractivity contribution in [2.75, 3.05) is 12.4 Å². The maximum Gasteiger partial charge on any atom is 0.362 e. The molecule has 2 rings (SSSR count). The molecule has 21 heavy (non-hydrogen) atoms. The van der Waals surface area contributed by atoms with Gasteiger partial charge in [0, 0.05) is 11.8 Å². The summed E-state index contributed by atoms with van der Waals surface area (Å²) in [5.74, 6) is 1.45. The minimum absolute atomic E-state index is 0.551. The van der Waals surface area contributed by atoms with Gasteiger partial charge in [0.1, 0.15) is 5.69 Å². The third-order valence-corrected chi connectivity index (χ3v) is 3.96. The molecule has 2 aromatic rings. The average Bonchev–Trinajstić information content (AvgIpc) is 2.91. The molecule has 1 heterocycles. The number of thioether (sulfide) groups is 1. The summed E-state index contributed by atoms with van der Waals surface area (Å²) in [5, 5.41) is 14.2. The van der Waals surface area contributed by atoms with Crippen molar-refractivity contribution in [3.05, 3.63) is 42.0 Å². The standard InChI is InChI=1S/C14H16N6S/c1-10-13(19-9-18-10)7-21-12-5-3-11(4-6-12)20-14(16-2)17-8-15/h3-6,9H,7H2,1-2H3,(H,18,19)(H2,16,17,20)/p+2. The number of benzene rings is 1. The summed E-state index contributed by atoms with van der Waals surface area (Å²) in [5.41, 5.74) is 3.28. The van der Waals surface area contributed by atoms with Crippen molar-refractivity contribution >= 4 is 23.4 Å². The highest BCUT2D eigenvalue weighted by molar-refractivity contribution is 7.98. The fraction of sp³-hybridized carbons (Fsp3) is 0.214. The molecule has 0 aliphatic carbocycles. The van der Waals surface area contributed by atoms with Crippen molar-refractivity contribution in [3.63, 3.8) is 0 Å². The van der Waals surface area contributed by atoms with Gasteiger partial charge in [-0.2, -0.15) is 10.6 Å². The summed E-state index contributed by atoms with van der Waals surface area (Å²) in [6, 6.07) is 8.06. The van der Waals surface area contributed by atoms with E-state index < -0.39 is 0 Å². The summed E-state index contributed by atoms with van der Waals surface area (Å²) in [6.07, 6.45) is 3.71. The van der Waals surface area contributed by atoms with Crippen LogP contribution in [0.4, 0.5) is 5.69 Å². The van der Waals surface area contributed by atoms with Gasteiger partial charge in [-0.3, -0.25) is 4.99 Å². The van der Waals surface area contributed by atoms with Gasteiger partial charge in [0.05, 0.1) is 18.5 Å². The normalized spacial score (nSPS) is 11.0. The minimum Gasteiger partial charge on any atom is -0.279 e. The Morgan fingerprint density at radius 1 is 1.43 bits per heavy atom. The predicted molar refractivity (Wildman–Crippen MR) is 82.4 cm³/mol. The Morgan fingerprint density at radius 3 is 2.76 bits per heavy atom. The van der Waals surface area contributed by atoms with Gasteiger partial charge in [0.15, 0.2) is 5.69 Å². The van der Waals surface area contributed by atoms with Gasteiger partial charge in [-0.15, -0.1) is 11.8 Å². The third kappa shape index (κ3) is 4.26. The molecule has 0 aliphatic rings. The summed E-state index contributed by atoms with van der Waals surface area (Å²) in [4.78, 5) is 10.4. The van der Waals surface area contributed by atoms with Gasteiger partial charge in [-0.1, -0.05) is 0 Å². The molecule has 7 heteroatoms. The van der Waals surface area contributed by atoms with E-state index in [-0.39, 0.29) is 0 Å². The van der Waals surface area contributed by atoms with Crippen molar-refractivity contribution in [1.29, 1.82) is 5.26 Å². The molecule has 0 aliphatic heterocycles. The summed E-state index contributed by atoms with van der Waals surface area (Å²) < 4.78 is 0. The lowest BCUT2D eigenvalue weighted by molar-refractivity contribution is -0.421. The first-order valence-corrected chi connectivity index (χ1v) is 7.45. The Balaban J connectivity index is 1.93. The molecule has 1 aromatic heterocycles. The van der Waals surface area contributed by atoms with Crippen molar-refractivity contribution in [3.8, 4) is 6.19 Å². The second-order valence-electron chi connectivity index (χ2n) is 4.34. The van der Waals surface area contributed by atoms with E-state index in [1.165, 1.54) is 10.6 Å². The number of nitrogens with zero attached hydrogens (tertiary/aromatic N) is 1. The Bertz CT molecular complexity index is 653. The molecule has 108 valence electrons. The van der Waals surface area contributed by atoms with E-state index in [0.717, 1.165) is 17.1 Å². The average molecular weight is 302 g/mol. The number of nitrogens with one attached hydrogen (secondary N) is 5. The van der Waals surface area contributed by atoms with Crippen LogP contribution < -0.4 is 20.6 Å². The van der Waals surface area contributed by atoms with Crippen LogP contribution in [0.5, 0.6) is 0 Å². The maximum atomic E-state index is 8.60. The zero-order chi connectivity index (χ0) is 15.1. The van der Waals surface area contributed by atoms with E-state index >= 15 is 0 Å². The molecule has 0 atom stereocenters. The Hall–Kier alpha value is -2.46. The van der Waals surface area contributed by atoms with E-state index in [1.807, 2.05) is 24.7 Å². The molecule has 1 aromatic carbocycles. The van der Waals surface area contributed by atoms with Crippen LogP contribution in [0.2, 0.25) is 0 Å². The number of hydrogen-bond acceptors (Lipinski definition) is 2. The zero-order valence-corrected chi connectivity index (χ0v) is 12.8. The Labute approximate surface area is 127 Å². The van der Waals surface area contributed by atoms with Gasteiger partial charge in [-0.05, 0) is 24.3 Å². The van der Waals surface area contributed by atoms with Crippen LogP contribution in [0.1, 0.15) is 11.4 Å². The van der Waals surface area contributed by atoms with Crippen LogP contribution in [-0.4, -0.2) is 18.0 Å². The van der Waals surface area contributed by atoms with E-state index in [9.17, 15) is 0 Å². The first-order valence-electron chi connectivity index (χ1n) is 6.47. The highest BCUT2D eigenvalue weighted by Gasteiger charge is 2.08. The third-order valence-electron chi connectivity index (χ3n) is 2.93. The van der Waals surface area contributed by atoms with Crippen molar-refractivity contribution in [2.24, 2.45) is 0 Å². The Kier molecular flexibility index (Phi) is 5.23. The molecule has 0 saturated carbocycles. The molecule has 5 N–H and O–H groups in total. The monoisotopic (exact) mass is 302 g/mol. The van der Waals surface area contributed by atoms with E-state index in [1.54, 1.807) is 18.8 Å². The molecule has 0 unspecified atom stereocenters. The SMILES string of the molecule is C[NH+]=C(NC#N)Nc1ccc(SCc2[nH+]c[nH]c2C)cc1. The van der Waals surface area contributed by atoms with Gasteiger partial charge >= 0.3 is 5.96 Å². The lowest BCUT2D eigenvalue weighted by atomic mass is 10.3. The minimum atomic E-state index is 0.551. The number of anilines is 1. The zero-order valence-electron chi connectivity index (χ0n) is 11.9. The van der Waals surface area contributed by atoms with E-state index in [4.69, 9.17) is 5.26 Å². The predicted octanol–water partition coefficient (Wildman–Crippen LogP) is -0.0215. The number of imidazole rings is 1. The smallest absolute Gasteiger partial charge is 0.279 e. The van der Waals surface area contributed by atoms with Gasteiger partial charge in [-0.25, -0.2) is 15.3 Å². The molecule has 0 bridgehead atoms. The number of guanidine groups is 1. The van der Waals surface area contributed by atoms with E-state index in [0.29, 0.717) is 5.96 Å². The number of nitriles is 1.